The molecule has 2 aliphatic heterocycles. The molecule has 0 spiro atoms. The zero-order valence-electron chi connectivity index (χ0n) is 21.3. The molecule has 0 saturated carbocycles. The van der Waals surface area contributed by atoms with Gasteiger partial charge < -0.3 is 14.7 Å². The van der Waals surface area contributed by atoms with Crippen molar-refractivity contribution in [2.75, 3.05) is 50.5 Å². The molecule has 0 aromatic heterocycles. The van der Waals surface area contributed by atoms with Crippen LogP contribution in [0.4, 0.5) is 18.9 Å². The highest BCUT2D eigenvalue weighted by atomic mass is 32.2. The predicted molar refractivity (Wildman–Crippen MR) is 144 cm³/mol. The van der Waals surface area contributed by atoms with Gasteiger partial charge in [0.15, 0.2) is 5.60 Å². The Balaban J connectivity index is 1.67. The molecule has 1 aromatic carbocycles. The Morgan fingerprint density at radius 1 is 1.13 bits per heavy atom. The van der Waals surface area contributed by atoms with Crippen molar-refractivity contribution in [3.63, 3.8) is 0 Å². The topological polar surface area (TPSA) is 107 Å². The number of halogens is 3. The number of hydrogen-bond donors (Lipinski definition) is 1. The lowest BCUT2D eigenvalue weighted by molar-refractivity contribution is -0.258. The third kappa shape index (κ3) is 6.09. The monoisotopic (exact) mass is 609 g/mol. The summed E-state index contributed by atoms with van der Waals surface area (Å²) in [6, 6.07) is 4.06. The van der Waals surface area contributed by atoms with Crippen LogP contribution in [-0.2, 0) is 30.4 Å². The van der Waals surface area contributed by atoms with Gasteiger partial charge in [0.05, 0.1) is 36.5 Å². The number of thiocarbonyl (C=S) groups is 1. The molecule has 2 saturated heterocycles. The van der Waals surface area contributed by atoms with Crippen LogP contribution in [0.15, 0.2) is 47.4 Å². The summed E-state index contributed by atoms with van der Waals surface area (Å²) in [5, 5.41) is 10.0. The average Bonchev–Trinajstić information content (AvgIpc) is 2.81. The van der Waals surface area contributed by atoms with Gasteiger partial charge in [-0.25, -0.2) is 16.8 Å². The van der Waals surface area contributed by atoms with Gasteiger partial charge in [-0.15, -0.1) is 0 Å². The number of alkyl halides is 3. The first-order valence-electron chi connectivity index (χ1n) is 12.1. The van der Waals surface area contributed by atoms with E-state index in [-0.39, 0.29) is 54.7 Å². The Morgan fingerprint density at radius 3 is 2.28 bits per heavy atom. The lowest BCUT2D eigenvalue weighted by atomic mass is 9.95. The molecule has 9 nitrogen and oxygen atoms in total. The van der Waals surface area contributed by atoms with E-state index in [2.05, 4.69) is 0 Å². The van der Waals surface area contributed by atoms with Gasteiger partial charge in [-0.05, 0) is 30.7 Å². The van der Waals surface area contributed by atoms with E-state index in [1.54, 1.807) is 17.1 Å². The van der Waals surface area contributed by atoms with Gasteiger partial charge in [-0.2, -0.15) is 21.8 Å². The highest BCUT2D eigenvalue weighted by molar-refractivity contribution is 7.96. The molecule has 3 aliphatic rings. The molecule has 0 radical (unpaired) electrons. The fraction of sp³-hybridized carbons (Fsp3) is 0.542. The molecule has 1 aromatic rings. The van der Waals surface area contributed by atoms with Crippen LogP contribution >= 0.6 is 12.2 Å². The number of allylic oxidation sites excluding steroid dienone is 4. The summed E-state index contributed by atoms with van der Waals surface area (Å²) in [4.78, 5) is 2.09. The van der Waals surface area contributed by atoms with Crippen LogP contribution in [0.1, 0.15) is 18.9 Å². The molecule has 216 valence electrons. The van der Waals surface area contributed by atoms with Crippen molar-refractivity contribution in [2.24, 2.45) is 0 Å². The maximum absolute atomic E-state index is 13.5. The largest absolute Gasteiger partial charge is 0.421 e. The van der Waals surface area contributed by atoms with Gasteiger partial charge in [-0.1, -0.05) is 36.5 Å². The van der Waals surface area contributed by atoms with Crippen LogP contribution in [0, 0.1) is 0 Å². The van der Waals surface area contributed by atoms with Crippen LogP contribution < -0.4 is 4.90 Å². The molecule has 39 heavy (non-hydrogen) atoms. The van der Waals surface area contributed by atoms with Crippen molar-refractivity contribution < 1.29 is 39.9 Å². The van der Waals surface area contributed by atoms with Crippen LogP contribution in [0.2, 0.25) is 0 Å². The molecular weight excluding hydrogens is 579 g/mol. The Hall–Kier alpha value is -1.88. The lowest BCUT2D eigenvalue weighted by Crippen LogP contribution is -2.62. The standard InChI is InChI=1S/C24H30F3N3O6S3/c1-23(31,24(25,26)27)17-7-9-18(10-8-17)29-12-11-28(39(34,35)22-6-4-3-5-21(22)37)13-19(29)14-30(38(2,32)33)20-15-36-16-20/h3-4,6-10,19-20,31H,5,11-16H2,1-2H3/t19-,23-/m1/s1. The van der Waals surface area contributed by atoms with Crippen LogP contribution in [0.5, 0.6) is 0 Å². The number of hydrogen-bond acceptors (Lipinski definition) is 8. The van der Waals surface area contributed by atoms with E-state index < -0.39 is 43.9 Å². The second-order valence-electron chi connectivity index (χ2n) is 9.94. The van der Waals surface area contributed by atoms with Gasteiger partial charge in [0.2, 0.25) is 20.0 Å². The van der Waals surface area contributed by atoms with Gasteiger partial charge >= 0.3 is 6.18 Å². The van der Waals surface area contributed by atoms with E-state index >= 15 is 0 Å². The third-order valence-electron chi connectivity index (χ3n) is 7.18. The summed E-state index contributed by atoms with van der Waals surface area (Å²) < 4.78 is 100. The minimum absolute atomic E-state index is 0.0262. The molecule has 2 fully saturated rings. The average molecular weight is 610 g/mol. The van der Waals surface area contributed by atoms with Crippen molar-refractivity contribution in [1.29, 1.82) is 0 Å². The third-order valence-corrected chi connectivity index (χ3v) is 10.9. The Bertz CT molecular complexity index is 1370. The van der Waals surface area contributed by atoms with E-state index in [0.29, 0.717) is 19.0 Å². The Labute approximate surface area is 231 Å². The summed E-state index contributed by atoms with van der Waals surface area (Å²) in [5.41, 5.74) is -2.95. The molecule has 2 heterocycles. The SMILES string of the molecule is C[C@@](O)(c1ccc(N2CCN(S(=O)(=O)C3=CC=CCC3=S)C[C@@H]2CN(C2COC2)S(C)(=O)=O)cc1)C(F)(F)F. The second-order valence-corrected chi connectivity index (χ2v) is 14.3. The molecule has 4 rings (SSSR count). The van der Waals surface area contributed by atoms with E-state index in [4.69, 9.17) is 17.0 Å². The van der Waals surface area contributed by atoms with Crippen molar-refractivity contribution in [3.05, 3.63) is 53.0 Å². The Kier molecular flexibility index (Phi) is 8.36. The number of piperazine rings is 1. The van der Waals surface area contributed by atoms with E-state index in [1.165, 1.54) is 26.8 Å². The van der Waals surface area contributed by atoms with Gasteiger partial charge in [0.1, 0.15) is 0 Å². The van der Waals surface area contributed by atoms with Crippen molar-refractivity contribution in [3.8, 4) is 0 Å². The molecular formula is C24H30F3N3O6S3. The number of benzene rings is 1. The maximum atomic E-state index is 13.5. The van der Waals surface area contributed by atoms with Gasteiger partial charge in [-0.3, -0.25) is 0 Å². The number of sulfonamides is 2. The van der Waals surface area contributed by atoms with Crippen LogP contribution in [-0.4, -0.2) is 99.3 Å². The van der Waals surface area contributed by atoms with E-state index in [1.807, 2.05) is 0 Å². The van der Waals surface area contributed by atoms with E-state index in [9.17, 15) is 35.1 Å². The normalized spacial score (nSPS) is 23.5. The maximum Gasteiger partial charge on any atom is 0.421 e. The molecule has 0 amide bonds. The predicted octanol–water partition coefficient (Wildman–Crippen LogP) is 2.15. The highest BCUT2D eigenvalue weighted by Crippen LogP contribution is 2.39. The number of anilines is 1. The highest BCUT2D eigenvalue weighted by Gasteiger charge is 2.51. The van der Waals surface area contributed by atoms with Crippen molar-refractivity contribution in [1.82, 2.24) is 8.61 Å². The van der Waals surface area contributed by atoms with E-state index in [0.717, 1.165) is 18.4 Å². The quantitative estimate of drug-likeness (QED) is 0.447. The number of ether oxygens (including phenoxy) is 1. The first-order valence-corrected chi connectivity index (χ1v) is 15.8. The molecule has 1 N–H and O–H groups in total. The number of aliphatic hydroxyl groups is 1. The minimum atomic E-state index is -4.89. The fourth-order valence-electron chi connectivity index (χ4n) is 4.73. The summed E-state index contributed by atoms with van der Waals surface area (Å²) in [6.45, 7) is 1.13. The number of nitrogens with zero attached hydrogens (tertiary/aromatic N) is 3. The first kappa shape index (κ1) is 30.1. The zero-order valence-corrected chi connectivity index (χ0v) is 23.8. The van der Waals surface area contributed by atoms with Crippen LogP contribution in [0.25, 0.3) is 0 Å². The zero-order chi connectivity index (χ0) is 28.8. The molecule has 1 aliphatic carbocycles. The molecule has 0 unspecified atom stereocenters. The molecule has 0 bridgehead atoms. The molecule has 2 atom stereocenters. The van der Waals surface area contributed by atoms with Gasteiger partial charge in [0.25, 0.3) is 0 Å². The summed E-state index contributed by atoms with van der Waals surface area (Å²) >= 11 is 5.28. The Morgan fingerprint density at radius 2 is 1.77 bits per heavy atom. The fourth-order valence-corrected chi connectivity index (χ4v) is 7.90. The van der Waals surface area contributed by atoms with Crippen LogP contribution in [0.3, 0.4) is 0 Å². The lowest BCUT2D eigenvalue weighted by Gasteiger charge is -2.45. The summed E-state index contributed by atoms with van der Waals surface area (Å²) in [6.07, 6.45) is 1.33. The first-order chi connectivity index (χ1) is 18.0. The summed E-state index contributed by atoms with van der Waals surface area (Å²) in [7, 11) is -7.67. The van der Waals surface area contributed by atoms with Crippen molar-refractivity contribution in [2.45, 2.75) is 37.2 Å². The summed E-state index contributed by atoms with van der Waals surface area (Å²) in [5.74, 6) is 0. The van der Waals surface area contributed by atoms with Gasteiger partial charge in [0, 0.05) is 43.2 Å². The number of rotatable bonds is 8. The minimum Gasteiger partial charge on any atom is -0.378 e. The van der Waals surface area contributed by atoms with Crippen molar-refractivity contribution >= 4 is 42.8 Å². The second kappa shape index (κ2) is 10.8. The molecule has 15 heteroatoms. The smallest absolute Gasteiger partial charge is 0.378 e.